The summed E-state index contributed by atoms with van der Waals surface area (Å²) in [5, 5.41) is 7.38. The molecule has 6 aromatic rings. The fourth-order valence-corrected chi connectivity index (χ4v) is 6.33. The smallest absolute Gasteiger partial charge is 0.251 e. The Labute approximate surface area is 263 Å². The summed E-state index contributed by atoms with van der Waals surface area (Å²) in [5.74, 6) is 1.19. The number of sulfonamides is 1. The number of fused-ring (bicyclic) bond motifs is 2. The first-order chi connectivity index (χ1) is 22.2. The van der Waals surface area contributed by atoms with Crippen molar-refractivity contribution in [3.05, 3.63) is 108 Å². The average molecular weight is 634 g/mol. The number of carbonyl (C=O) groups excluding carboxylic acids is 2. The Morgan fingerprint density at radius 2 is 1.91 bits per heavy atom. The predicted octanol–water partition coefficient (Wildman–Crippen LogP) is 3.85. The van der Waals surface area contributed by atoms with E-state index in [1.54, 1.807) is 17.1 Å². The summed E-state index contributed by atoms with van der Waals surface area (Å²) in [6, 6.07) is 19.3. The Bertz CT molecular complexity index is 2260. The number of pyridine rings is 2. The summed E-state index contributed by atoms with van der Waals surface area (Å²) in [5.41, 5.74) is 11.5. The number of aldehydes is 1. The quantitative estimate of drug-likeness (QED) is 0.210. The fourth-order valence-electron chi connectivity index (χ4n) is 5.74. The molecule has 0 spiro atoms. The van der Waals surface area contributed by atoms with E-state index >= 15 is 0 Å². The Morgan fingerprint density at radius 3 is 2.67 bits per heavy atom. The van der Waals surface area contributed by atoms with Crippen LogP contribution in [0.5, 0.6) is 0 Å². The van der Waals surface area contributed by atoms with E-state index in [-0.39, 0.29) is 28.8 Å². The number of hydrogen-bond donors (Lipinski definition) is 3. The molecule has 2 aromatic carbocycles. The van der Waals surface area contributed by atoms with Crippen LogP contribution in [-0.4, -0.2) is 56.2 Å². The highest BCUT2D eigenvalue weighted by Gasteiger charge is 2.27. The normalized spacial score (nSPS) is 14.2. The van der Waals surface area contributed by atoms with Gasteiger partial charge in [-0.15, -0.1) is 0 Å². The van der Waals surface area contributed by atoms with Crippen molar-refractivity contribution in [2.45, 2.75) is 18.9 Å². The number of aryl methyl sites for hydroxylation is 1. The Hall–Kier alpha value is -5.89. The summed E-state index contributed by atoms with van der Waals surface area (Å²) in [6.07, 6.45) is 8.03. The number of nitrogens with two attached hydrogens (primary N) is 1. The molecule has 1 amide bonds. The molecule has 0 bridgehead atoms. The van der Waals surface area contributed by atoms with E-state index in [1.165, 1.54) is 18.2 Å². The van der Waals surface area contributed by atoms with Crippen molar-refractivity contribution >= 4 is 44.9 Å². The predicted molar refractivity (Wildman–Crippen MR) is 172 cm³/mol. The lowest BCUT2D eigenvalue weighted by atomic mass is 10.1. The molecular formula is C32H27N9O4S. The molecule has 0 saturated heterocycles. The van der Waals surface area contributed by atoms with Gasteiger partial charge in [0, 0.05) is 35.4 Å². The fraction of sp³-hybridized carbons (Fsp3) is 0.125. The van der Waals surface area contributed by atoms with Gasteiger partial charge in [-0.2, -0.15) is 5.10 Å². The highest BCUT2D eigenvalue weighted by molar-refractivity contribution is 7.92. The van der Waals surface area contributed by atoms with Crippen LogP contribution in [0.15, 0.2) is 85.3 Å². The molecule has 4 heterocycles. The summed E-state index contributed by atoms with van der Waals surface area (Å²) in [4.78, 5) is 38.9. The monoisotopic (exact) mass is 633 g/mol. The lowest BCUT2D eigenvalue weighted by molar-refractivity contribution is 0.0936. The van der Waals surface area contributed by atoms with Gasteiger partial charge in [0.1, 0.15) is 11.3 Å². The van der Waals surface area contributed by atoms with Gasteiger partial charge in [0.2, 0.25) is 10.0 Å². The van der Waals surface area contributed by atoms with Crippen LogP contribution in [-0.2, 0) is 16.4 Å². The van der Waals surface area contributed by atoms with Gasteiger partial charge in [-0.25, -0.2) is 28.1 Å². The molecule has 4 aromatic heterocycles. The van der Waals surface area contributed by atoms with Crippen molar-refractivity contribution in [3.63, 3.8) is 0 Å². The second-order valence-electron chi connectivity index (χ2n) is 10.9. The number of anilines is 2. The number of nitrogens with zero attached hydrogens (tertiary/aromatic N) is 6. The van der Waals surface area contributed by atoms with Crippen molar-refractivity contribution in [2.75, 3.05) is 16.7 Å². The van der Waals surface area contributed by atoms with E-state index in [0.29, 0.717) is 53.3 Å². The highest BCUT2D eigenvalue weighted by Crippen LogP contribution is 2.36. The summed E-state index contributed by atoms with van der Waals surface area (Å²) >= 11 is 0. The van der Waals surface area contributed by atoms with Gasteiger partial charge in [-0.1, -0.05) is 6.07 Å². The van der Waals surface area contributed by atoms with Gasteiger partial charge in [0.05, 0.1) is 23.5 Å². The minimum absolute atomic E-state index is 0.0662. The maximum atomic E-state index is 13.2. The minimum atomic E-state index is -3.59. The van der Waals surface area contributed by atoms with Crippen molar-refractivity contribution < 1.29 is 18.0 Å². The zero-order valence-electron chi connectivity index (χ0n) is 24.5. The zero-order valence-corrected chi connectivity index (χ0v) is 25.3. The van der Waals surface area contributed by atoms with Crippen LogP contribution in [0.4, 0.5) is 11.5 Å². The molecule has 0 radical (unpaired) electrons. The van der Waals surface area contributed by atoms with E-state index in [1.807, 2.05) is 53.2 Å². The third kappa shape index (κ3) is 5.34. The SMILES string of the molecule is CS(=O)(=O)Nc1ccc(C(=O)N[C@H]2CCc3cc(-n4c(-c5cccnc5N)nc5ccc(-n6cccn6)nc54)ccc32)cc1C=O. The molecule has 230 valence electrons. The maximum Gasteiger partial charge on any atom is 0.251 e. The van der Waals surface area contributed by atoms with Crippen LogP contribution in [0.3, 0.4) is 0 Å². The van der Waals surface area contributed by atoms with Gasteiger partial charge in [-0.3, -0.25) is 18.9 Å². The molecule has 4 N–H and O–H groups in total. The molecular weight excluding hydrogens is 606 g/mol. The molecule has 0 saturated carbocycles. The van der Waals surface area contributed by atoms with Gasteiger partial charge in [-0.05, 0) is 84.6 Å². The average Bonchev–Trinajstić information content (AvgIpc) is 3.79. The van der Waals surface area contributed by atoms with E-state index in [9.17, 15) is 18.0 Å². The van der Waals surface area contributed by atoms with E-state index < -0.39 is 10.0 Å². The molecule has 1 aliphatic carbocycles. The second kappa shape index (κ2) is 11.2. The molecule has 46 heavy (non-hydrogen) atoms. The summed E-state index contributed by atoms with van der Waals surface area (Å²) < 4.78 is 29.2. The number of benzene rings is 2. The number of imidazole rings is 1. The second-order valence-corrected chi connectivity index (χ2v) is 12.7. The van der Waals surface area contributed by atoms with Crippen molar-refractivity contribution in [1.29, 1.82) is 0 Å². The van der Waals surface area contributed by atoms with Crippen LogP contribution < -0.4 is 15.8 Å². The third-order valence-corrected chi connectivity index (χ3v) is 8.40. The summed E-state index contributed by atoms with van der Waals surface area (Å²) in [6.45, 7) is 0. The number of carbonyl (C=O) groups is 2. The third-order valence-electron chi connectivity index (χ3n) is 7.81. The number of hydrogen-bond acceptors (Lipinski definition) is 9. The standard InChI is InChI=1S/C32H27N9O4S/c1-46(44,45)39-25-9-6-20(16-21(25)18-42)32(43)37-26-10-5-19-17-22(7-8-23(19)26)41-30(24-4-2-13-34-29(24)33)36-27-11-12-28(38-31(27)41)40-15-3-14-35-40/h2-4,6-9,11-18,26,39H,5,10H2,1H3,(H2,33,34)(H,37,43)/t26-/m0/s1. The van der Waals surface area contributed by atoms with Crippen LogP contribution in [0.2, 0.25) is 0 Å². The van der Waals surface area contributed by atoms with Gasteiger partial charge in [0.15, 0.2) is 23.6 Å². The molecule has 1 atom stereocenters. The Kier molecular flexibility index (Phi) is 7.05. The van der Waals surface area contributed by atoms with Gasteiger partial charge in [0.25, 0.3) is 5.91 Å². The molecule has 14 heteroatoms. The van der Waals surface area contributed by atoms with E-state index in [4.69, 9.17) is 15.7 Å². The number of nitrogens with one attached hydrogen (secondary N) is 2. The number of rotatable bonds is 8. The minimum Gasteiger partial charge on any atom is -0.383 e. The van der Waals surface area contributed by atoms with Crippen LogP contribution >= 0.6 is 0 Å². The molecule has 13 nitrogen and oxygen atoms in total. The molecule has 0 unspecified atom stereocenters. The van der Waals surface area contributed by atoms with Crippen LogP contribution in [0, 0.1) is 0 Å². The number of nitrogen functional groups attached to an aromatic ring is 1. The Morgan fingerprint density at radius 1 is 1.04 bits per heavy atom. The van der Waals surface area contributed by atoms with E-state index in [0.717, 1.165) is 23.1 Å². The maximum absolute atomic E-state index is 13.2. The zero-order chi connectivity index (χ0) is 32.0. The Balaban J connectivity index is 1.23. The van der Waals surface area contributed by atoms with Crippen molar-refractivity contribution in [3.8, 4) is 22.9 Å². The van der Waals surface area contributed by atoms with Crippen molar-refractivity contribution in [2.24, 2.45) is 0 Å². The lowest BCUT2D eigenvalue weighted by Crippen LogP contribution is -2.27. The molecule has 1 aliphatic rings. The largest absolute Gasteiger partial charge is 0.383 e. The van der Waals surface area contributed by atoms with Crippen LogP contribution in [0.25, 0.3) is 34.1 Å². The highest BCUT2D eigenvalue weighted by atomic mass is 32.2. The molecule has 7 rings (SSSR count). The summed E-state index contributed by atoms with van der Waals surface area (Å²) in [7, 11) is -3.59. The molecule has 0 aliphatic heterocycles. The number of aromatic nitrogens is 6. The first-order valence-electron chi connectivity index (χ1n) is 14.3. The van der Waals surface area contributed by atoms with Gasteiger partial charge >= 0.3 is 0 Å². The van der Waals surface area contributed by atoms with Crippen LogP contribution in [0.1, 0.15) is 44.3 Å². The first kappa shape index (κ1) is 28.9. The van der Waals surface area contributed by atoms with Gasteiger partial charge < -0.3 is 11.1 Å². The lowest BCUT2D eigenvalue weighted by Gasteiger charge is -2.16. The van der Waals surface area contributed by atoms with Crippen molar-refractivity contribution in [1.82, 2.24) is 34.6 Å². The topological polar surface area (TPSA) is 180 Å². The van der Waals surface area contributed by atoms with E-state index in [2.05, 4.69) is 26.2 Å². The molecule has 0 fully saturated rings. The number of amides is 1. The first-order valence-corrected chi connectivity index (χ1v) is 16.2.